The second-order valence-corrected chi connectivity index (χ2v) is 6.47. The van der Waals surface area contributed by atoms with Crippen LogP contribution in [-0.4, -0.2) is 33.8 Å². The van der Waals surface area contributed by atoms with Gasteiger partial charge in [0, 0.05) is 23.0 Å². The number of halogens is 3. The van der Waals surface area contributed by atoms with E-state index in [9.17, 15) is 9.18 Å². The molecule has 0 radical (unpaired) electrons. The lowest BCUT2D eigenvalue weighted by Gasteiger charge is -2.19. The van der Waals surface area contributed by atoms with E-state index in [0.717, 1.165) is 31.8 Å². The molecule has 3 rings (SSSR count). The Morgan fingerprint density at radius 2 is 2.08 bits per heavy atom. The summed E-state index contributed by atoms with van der Waals surface area (Å²) < 4.78 is 15.5. The Balaban J connectivity index is 0.00000208. The molecule has 9 heteroatoms. The van der Waals surface area contributed by atoms with Crippen LogP contribution in [0.1, 0.15) is 34.9 Å². The summed E-state index contributed by atoms with van der Waals surface area (Å²) in [7, 11) is 1.73. The summed E-state index contributed by atoms with van der Waals surface area (Å²) in [6, 6.07) is 4.04. The standard InChI is InChI=1S/C15H17BrFN5O.ClH/c1-22-15(19-13(21-22)9-2-4-18-5-3-9)20-14(23)10-6-11(16)8-12(17)7-10;/h6-9,18H,2-5H2,1H3,(H,19,20,21,23);1H. The van der Waals surface area contributed by atoms with Crippen LogP contribution in [0.3, 0.4) is 0 Å². The fraction of sp³-hybridized carbons (Fsp3) is 0.400. The monoisotopic (exact) mass is 417 g/mol. The molecule has 1 aliphatic heterocycles. The zero-order valence-electron chi connectivity index (χ0n) is 13.1. The summed E-state index contributed by atoms with van der Waals surface area (Å²) in [4.78, 5) is 16.7. The number of hydrogen-bond acceptors (Lipinski definition) is 4. The summed E-state index contributed by atoms with van der Waals surface area (Å²) in [5.74, 6) is 0.514. The van der Waals surface area contributed by atoms with E-state index >= 15 is 0 Å². The average molecular weight is 419 g/mol. The van der Waals surface area contributed by atoms with Crippen LogP contribution in [0.15, 0.2) is 22.7 Å². The predicted octanol–water partition coefficient (Wildman–Crippen LogP) is 2.86. The first kappa shape index (κ1) is 18.8. The van der Waals surface area contributed by atoms with E-state index < -0.39 is 11.7 Å². The van der Waals surface area contributed by atoms with Crippen LogP contribution in [0.2, 0.25) is 0 Å². The van der Waals surface area contributed by atoms with E-state index in [1.54, 1.807) is 17.8 Å². The van der Waals surface area contributed by atoms with E-state index in [-0.39, 0.29) is 18.0 Å². The van der Waals surface area contributed by atoms with E-state index in [0.29, 0.717) is 16.3 Å². The first-order chi connectivity index (χ1) is 11.0. The van der Waals surface area contributed by atoms with Gasteiger partial charge in [-0.1, -0.05) is 15.9 Å². The number of anilines is 1. The number of hydrogen-bond donors (Lipinski definition) is 2. The first-order valence-corrected chi connectivity index (χ1v) is 8.21. The van der Waals surface area contributed by atoms with Gasteiger partial charge in [0.05, 0.1) is 0 Å². The summed E-state index contributed by atoms with van der Waals surface area (Å²) in [6.07, 6.45) is 1.96. The maximum Gasteiger partial charge on any atom is 0.258 e. The molecule has 0 saturated carbocycles. The van der Waals surface area contributed by atoms with Gasteiger partial charge >= 0.3 is 0 Å². The fourth-order valence-electron chi connectivity index (χ4n) is 2.62. The van der Waals surface area contributed by atoms with E-state index in [1.807, 2.05) is 0 Å². The quantitative estimate of drug-likeness (QED) is 0.804. The minimum atomic E-state index is -0.474. The van der Waals surface area contributed by atoms with Crippen LogP contribution >= 0.6 is 28.3 Å². The summed E-state index contributed by atoms with van der Waals surface area (Å²) in [6.45, 7) is 1.89. The number of carbonyl (C=O) groups excluding carboxylic acids is 1. The molecule has 6 nitrogen and oxygen atoms in total. The van der Waals surface area contributed by atoms with Crippen molar-refractivity contribution in [3.05, 3.63) is 39.9 Å². The van der Waals surface area contributed by atoms with Crippen molar-refractivity contribution >= 4 is 40.2 Å². The number of nitrogens with zero attached hydrogens (tertiary/aromatic N) is 3. The Hall–Kier alpha value is -1.51. The van der Waals surface area contributed by atoms with Crippen molar-refractivity contribution in [1.82, 2.24) is 20.1 Å². The molecule has 2 aromatic rings. The van der Waals surface area contributed by atoms with Crippen LogP contribution in [0.25, 0.3) is 0 Å². The molecule has 2 N–H and O–H groups in total. The molecular formula is C15H18BrClFN5O. The molecule has 1 amide bonds. The maximum atomic E-state index is 13.4. The zero-order valence-corrected chi connectivity index (χ0v) is 15.5. The van der Waals surface area contributed by atoms with Gasteiger partial charge < -0.3 is 5.32 Å². The first-order valence-electron chi connectivity index (χ1n) is 7.42. The second-order valence-electron chi connectivity index (χ2n) is 5.55. The van der Waals surface area contributed by atoms with Crippen LogP contribution < -0.4 is 10.6 Å². The molecular weight excluding hydrogens is 401 g/mol. The van der Waals surface area contributed by atoms with Crippen molar-refractivity contribution in [2.75, 3.05) is 18.4 Å². The van der Waals surface area contributed by atoms with Crippen LogP contribution in [0, 0.1) is 5.82 Å². The lowest BCUT2D eigenvalue weighted by atomic mass is 9.98. The van der Waals surface area contributed by atoms with Crippen molar-refractivity contribution in [2.24, 2.45) is 7.05 Å². The number of piperidine rings is 1. The van der Waals surface area contributed by atoms with Gasteiger partial charge in [-0.3, -0.25) is 10.1 Å². The zero-order chi connectivity index (χ0) is 16.4. The van der Waals surface area contributed by atoms with Crippen LogP contribution in [0.5, 0.6) is 0 Å². The SMILES string of the molecule is Cl.Cn1nc(C2CCNCC2)nc1NC(=O)c1cc(F)cc(Br)c1. The van der Waals surface area contributed by atoms with Crippen molar-refractivity contribution in [3.8, 4) is 0 Å². The number of nitrogens with one attached hydrogen (secondary N) is 2. The van der Waals surface area contributed by atoms with Crippen molar-refractivity contribution in [1.29, 1.82) is 0 Å². The van der Waals surface area contributed by atoms with Crippen molar-refractivity contribution in [3.63, 3.8) is 0 Å². The smallest absolute Gasteiger partial charge is 0.258 e. The van der Waals surface area contributed by atoms with E-state index in [2.05, 4.69) is 36.6 Å². The Morgan fingerprint density at radius 3 is 2.75 bits per heavy atom. The lowest BCUT2D eigenvalue weighted by Crippen LogP contribution is -2.27. The average Bonchev–Trinajstić information content (AvgIpc) is 2.88. The minimum absolute atomic E-state index is 0. The highest BCUT2D eigenvalue weighted by Gasteiger charge is 2.21. The van der Waals surface area contributed by atoms with Crippen LogP contribution in [-0.2, 0) is 7.05 Å². The van der Waals surface area contributed by atoms with Gasteiger partial charge in [-0.15, -0.1) is 12.4 Å². The van der Waals surface area contributed by atoms with Crippen molar-refractivity contribution in [2.45, 2.75) is 18.8 Å². The number of aromatic nitrogens is 3. The molecule has 24 heavy (non-hydrogen) atoms. The molecule has 1 saturated heterocycles. The molecule has 1 aromatic heterocycles. The molecule has 0 atom stereocenters. The van der Waals surface area contributed by atoms with E-state index in [1.165, 1.54) is 12.1 Å². The molecule has 1 fully saturated rings. The third-order valence-electron chi connectivity index (χ3n) is 3.83. The lowest BCUT2D eigenvalue weighted by molar-refractivity contribution is 0.102. The molecule has 0 spiro atoms. The minimum Gasteiger partial charge on any atom is -0.317 e. The number of rotatable bonds is 3. The predicted molar refractivity (Wildman–Crippen MR) is 95.1 cm³/mol. The van der Waals surface area contributed by atoms with E-state index in [4.69, 9.17) is 0 Å². The Bertz CT molecular complexity index is 712. The van der Waals surface area contributed by atoms with Crippen LogP contribution in [0.4, 0.5) is 10.3 Å². The van der Waals surface area contributed by atoms with Crippen molar-refractivity contribution < 1.29 is 9.18 Å². The summed E-state index contributed by atoms with van der Waals surface area (Å²) in [5, 5.41) is 10.4. The largest absolute Gasteiger partial charge is 0.317 e. The molecule has 130 valence electrons. The molecule has 1 aliphatic rings. The highest BCUT2D eigenvalue weighted by molar-refractivity contribution is 9.10. The highest BCUT2D eigenvalue weighted by atomic mass is 79.9. The third kappa shape index (κ3) is 4.31. The second kappa shape index (κ2) is 8.04. The topological polar surface area (TPSA) is 71.8 Å². The van der Waals surface area contributed by atoms with Gasteiger partial charge in [0.15, 0.2) is 5.82 Å². The van der Waals surface area contributed by atoms with Gasteiger partial charge in [0.25, 0.3) is 5.91 Å². The molecule has 1 aromatic carbocycles. The Labute approximate surface area is 153 Å². The highest BCUT2D eigenvalue weighted by Crippen LogP contribution is 2.23. The summed E-state index contributed by atoms with van der Waals surface area (Å²) >= 11 is 3.18. The maximum absolute atomic E-state index is 13.4. The van der Waals surface area contributed by atoms with Gasteiger partial charge in [-0.25, -0.2) is 9.07 Å². The molecule has 2 heterocycles. The summed E-state index contributed by atoms with van der Waals surface area (Å²) in [5.41, 5.74) is 0.225. The normalized spacial score (nSPS) is 15.0. The Morgan fingerprint density at radius 1 is 1.38 bits per heavy atom. The third-order valence-corrected chi connectivity index (χ3v) is 4.29. The van der Waals surface area contributed by atoms with Gasteiger partial charge in [0.1, 0.15) is 5.82 Å². The van der Waals surface area contributed by atoms with Gasteiger partial charge in [-0.2, -0.15) is 10.1 Å². The Kier molecular flexibility index (Phi) is 6.31. The fourth-order valence-corrected chi connectivity index (χ4v) is 3.09. The number of amides is 1. The number of aryl methyl sites for hydroxylation is 1. The molecule has 0 bridgehead atoms. The number of carbonyl (C=O) groups is 1. The van der Waals surface area contributed by atoms with Gasteiger partial charge in [-0.05, 0) is 44.1 Å². The number of benzene rings is 1. The van der Waals surface area contributed by atoms with Gasteiger partial charge in [0.2, 0.25) is 5.95 Å². The molecule has 0 unspecified atom stereocenters. The molecule has 0 aliphatic carbocycles.